The highest BCUT2D eigenvalue weighted by molar-refractivity contribution is 7.13. The van der Waals surface area contributed by atoms with Crippen molar-refractivity contribution < 1.29 is 14.7 Å². The van der Waals surface area contributed by atoms with E-state index in [1.165, 1.54) is 0 Å². The lowest BCUT2D eigenvalue weighted by atomic mass is 10.1. The van der Waals surface area contributed by atoms with Gasteiger partial charge in [0.05, 0.1) is 0 Å². The Bertz CT molecular complexity index is 495. The van der Waals surface area contributed by atoms with Crippen molar-refractivity contribution in [2.45, 2.75) is 25.4 Å². The first kappa shape index (κ1) is 12.6. The van der Waals surface area contributed by atoms with Gasteiger partial charge in [0.15, 0.2) is 5.13 Å². The van der Waals surface area contributed by atoms with Crippen LogP contribution in [0, 0.1) is 0 Å². The highest BCUT2D eigenvalue weighted by Gasteiger charge is 2.18. The SMILES string of the molecule is Nc1nc(/C(=N/OC2C=CCCC2)C(=O)O)cs1. The summed E-state index contributed by atoms with van der Waals surface area (Å²) in [5.41, 5.74) is 5.47. The number of nitrogens with zero attached hydrogens (tertiary/aromatic N) is 2. The molecular weight excluding hydrogens is 254 g/mol. The number of nitrogen functional groups attached to an aromatic ring is 1. The van der Waals surface area contributed by atoms with E-state index in [0.29, 0.717) is 5.13 Å². The number of carboxylic acids is 1. The highest BCUT2D eigenvalue weighted by Crippen LogP contribution is 2.16. The predicted octanol–water partition coefficient (Wildman–Crippen LogP) is 1.64. The average Bonchev–Trinajstić information content (AvgIpc) is 2.77. The van der Waals surface area contributed by atoms with Gasteiger partial charge in [0.2, 0.25) is 5.71 Å². The first-order chi connectivity index (χ1) is 8.66. The molecule has 0 bridgehead atoms. The number of nitrogens with two attached hydrogens (primary N) is 1. The normalized spacial score (nSPS) is 19.8. The lowest BCUT2D eigenvalue weighted by Crippen LogP contribution is -2.18. The van der Waals surface area contributed by atoms with Gasteiger partial charge in [0, 0.05) is 5.38 Å². The summed E-state index contributed by atoms with van der Waals surface area (Å²) in [6.07, 6.45) is 6.61. The van der Waals surface area contributed by atoms with E-state index in [0.717, 1.165) is 30.6 Å². The number of carboxylic acid groups (broad SMARTS) is 1. The van der Waals surface area contributed by atoms with Crippen LogP contribution in [0.1, 0.15) is 25.0 Å². The molecule has 1 heterocycles. The number of carbonyl (C=O) groups is 1. The van der Waals surface area contributed by atoms with Gasteiger partial charge in [-0.05, 0) is 25.3 Å². The van der Waals surface area contributed by atoms with Crippen LogP contribution in [0.15, 0.2) is 22.7 Å². The number of hydrogen-bond donors (Lipinski definition) is 2. The molecule has 1 aliphatic rings. The van der Waals surface area contributed by atoms with E-state index < -0.39 is 5.97 Å². The summed E-state index contributed by atoms with van der Waals surface area (Å²) >= 11 is 1.16. The molecular formula is C11H13N3O3S. The Morgan fingerprint density at radius 3 is 3.06 bits per heavy atom. The van der Waals surface area contributed by atoms with Gasteiger partial charge in [-0.15, -0.1) is 11.3 Å². The Hall–Kier alpha value is -1.89. The zero-order valence-electron chi connectivity index (χ0n) is 9.57. The molecule has 1 aromatic rings. The zero-order chi connectivity index (χ0) is 13.0. The first-order valence-electron chi connectivity index (χ1n) is 5.52. The summed E-state index contributed by atoms with van der Waals surface area (Å²) in [5.74, 6) is -1.18. The van der Waals surface area contributed by atoms with E-state index in [1.807, 2.05) is 12.2 Å². The van der Waals surface area contributed by atoms with Crippen molar-refractivity contribution in [3.8, 4) is 0 Å². The molecule has 0 amide bonds. The predicted molar refractivity (Wildman–Crippen MR) is 68.6 cm³/mol. The van der Waals surface area contributed by atoms with Crippen LogP contribution in [-0.2, 0) is 9.63 Å². The molecule has 0 spiro atoms. The number of rotatable bonds is 4. The Labute approximate surface area is 108 Å². The van der Waals surface area contributed by atoms with E-state index in [9.17, 15) is 4.79 Å². The topological polar surface area (TPSA) is 97.8 Å². The number of thiazole rings is 1. The lowest BCUT2D eigenvalue weighted by Gasteiger charge is -2.14. The van der Waals surface area contributed by atoms with E-state index in [2.05, 4.69) is 10.1 Å². The minimum Gasteiger partial charge on any atom is -0.476 e. The lowest BCUT2D eigenvalue weighted by molar-refractivity contribution is -0.129. The molecule has 0 aliphatic heterocycles. The van der Waals surface area contributed by atoms with Crippen LogP contribution in [0.4, 0.5) is 5.13 Å². The standard InChI is InChI=1S/C11H13N3O3S/c12-11-13-8(6-18-11)9(10(15)16)14-17-7-4-2-1-3-5-7/h2,4,6-7H,1,3,5H2,(H2,12,13)(H,15,16)/b14-9-. The van der Waals surface area contributed by atoms with Gasteiger partial charge in [0.25, 0.3) is 0 Å². The summed E-state index contributed by atoms with van der Waals surface area (Å²) in [6, 6.07) is 0. The molecule has 1 atom stereocenters. The number of aliphatic carboxylic acids is 1. The maximum absolute atomic E-state index is 11.1. The van der Waals surface area contributed by atoms with Gasteiger partial charge in [0.1, 0.15) is 11.8 Å². The molecule has 0 saturated carbocycles. The van der Waals surface area contributed by atoms with Crippen molar-refractivity contribution in [2.75, 3.05) is 5.73 Å². The third-order valence-corrected chi connectivity index (χ3v) is 3.13. The molecule has 7 heteroatoms. The Balaban J connectivity index is 2.12. The fraction of sp³-hybridized carbons (Fsp3) is 0.364. The molecule has 0 radical (unpaired) electrons. The maximum atomic E-state index is 11.1. The van der Waals surface area contributed by atoms with Crippen molar-refractivity contribution in [3.63, 3.8) is 0 Å². The van der Waals surface area contributed by atoms with E-state index >= 15 is 0 Å². The summed E-state index contributed by atoms with van der Waals surface area (Å²) in [7, 11) is 0. The minimum atomic E-state index is -1.18. The van der Waals surface area contributed by atoms with Crippen molar-refractivity contribution >= 4 is 28.1 Å². The maximum Gasteiger partial charge on any atom is 0.360 e. The summed E-state index contributed by atoms with van der Waals surface area (Å²) in [4.78, 5) is 20.2. The third kappa shape index (κ3) is 3.07. The van der Waals surface area contributed by atoms with E-state index in [4.69, 9.17) is 15.7 Å². The molecule has 1 aliphatic carbocycles. The van der Waals surface area contributed by atoms with Crippen LogP contribution in [0.25, 0.3) is 0 Å². The number of hydrogen-bond acceptors (Lipinski definition) is 6. The van der Waals surface area contributed by atoms with Crippen LogP contribution < -0.4 is 5.73 Å². The second kappa shape index (κ2) is 5.63. The van der Waals surface area contributed by atoms with Crippen LogP contribution in [0.5, 0.6) is 0 Å². The van der Waals surface area contributed by atoms with Gasteiger partial charge in [-0.25, -0.2) is 9.78 Å². The quantitative estimate of drug-likeness (QED) is 0.491. The fourth-order valence-electron chi connectivity index (χ4n) is 1.58. The minimum absolute atomic E-state index is 0.163. The number of oxime groups is 1. The van der Waals surface area contributed by atoms with Gasteiger partial charge in [-0.2, -0.15) is 0 Å². The number of allylic oxidation sites excluding steroid dienone is 1. The molecule has 18 heavy (non-hydrogen) atoms. The van der Waals surface area contributed by atoms with Gasteiger partial charge in [-0.1, -0.05) is 11.2 Å². The average molecular weight is 267 g/mol. The zero-order valence-corrected chi connectivity index (χ0v) is 10.4. The summed E-state index contributed by atoms with van der Waals surface area (Å²) in [5, 5.41) is 14.6. The van der Waals surface area contributed by atoms with Gasteiger partial charge in [-0.3, -0.25) is 0 Å². The molecule has 1 unspecified atom stereocenters. The molecule has 96 valence electrons. The molecule has 3 N–H and O–H groups in total. The van der Waals surface area contributed by atoms with Crippen molar-refractivity contribution in [2.24, 2.45) is 5.16 Å². The number of aromatic nitrogens is 1. The van der Waals surface area contributed by atoms with Crippen LogP contribution in [0.3, 0.4) is 0 Å². The number of anilines is 1. The summed E-state index contributed by atoms with van der Waals surface area (Å²) < 4.78 is 0. The molecule has 6 nitrogen and oxygen atoms in total. The molecule has 0 fully saturated rings. The van der Waals surface area contributed by atoms with Gasteiger partial charge < -0.3 is 15.7 Å². The van der Waals surface area contributed by atoms with E-state index in [-0.39, 0.29) is 17.5 Å². The monoisotopic (exact) mass is 267 g/mol. The van der Waals surface area contributed by atoms with Crippen LogP contribution >= 0.6 is 11.3 Å². The second-order valence-electron chi connectivity index (χ2n) is 3.82. The van der Waals surface area contributed by atoms with Crippen molar-refractivity contribution in [3.05, 3.63) is 23.2 Å². The smallest absolute Gasteiger partial charge is 0.360 e. The first-order valence-corrected chi connectivity index (χ1v) is 6.40. The molecule has 0 saturated heterocycles. The largest absolute Gasteiger partial charge is 0.476 e. The van der Waals surface area contributed by atoms with E-state index in [1.54, 1.807) is 5.38 Å². The van der Waals surface area contributed by atoms with Crippen molar-refractivity contribution in [1.29, 1.82) is 0 Å². The van der Waals surface area contributed by atoms with Gasteiger partial charge >= 0.3 is 5.97 Å². The third-order valence-electron chi connectivity index (χ3n) is 2.46. The molecule has 1 aromatic heterocycles. The Morgan fingerprint density at radius 1 is 1.67 bits per heavy atom. The Kier molecular flexibility index (Phi) is 3.93. The summed E-state index contributed by atoms with van der Waals surface area (Å²) in [6.45, 7) is 0. The van der Waals surface area contributed by atoms with Crippen LogP contribution in [0.2, 0.25) is 0 Å². The molecule has 2 rings (SSSR count). The van der Waals surface area contributed by atoms with Crippen molar-refractivity contribution in [1.82, 2.24) is 4.98 Å². The van der Waals surface area contributed by atoms with Crippen LogP contribution in [-0.4, -0.2) is 27.9 Å². The molecule has 0 aromatic carbocycles. The fourth-order valence-corrected chi connectivity index (χ4v) is 2.13. The Morgan fingerprint density at radius 2 is 2.50 bits per heavy atom. The second-order valence-corrected chi connectivity index (χ2v) is 4.71. The highest BCUT2D eigenvalue weighted by atomic mass is 32.1.